The maximum Gasteiger partial charge on any atom is 0.312 e. The van der Waals surface area contributed by atoms with E-state index in [-0.39, 0.29) is 6.54 Å². The van der Waals surface area contributed by atoms with Crippen LogP contribution >= 0.6 is 0 Å². The van der Waals surface area contributed by atoms with Gasteiger partial charge in [0.05, 0.1) is 6.10 Å². The first-order valence-corrected chi connectivity index (χ1v) is 6.57. The third-order valence-electron chi connectivity index (χ3n) is 2.95. The van der Waals surface area contributed by atoms with Crippen molar-refractivity contribution in [3.05, 3.63) is 0 Å². The highest BCUT2D eigenvalue weighted by Gasteiger charge is 2.32. The molecule has 1 saturated heterocycles. The zero-order chi connectivity index (χ0) is 13.5. The molecule has 0 saturated carbocycles. The number of piperazine rings is 1. The number of aliphatic hydroxyl groups is 1. The first-order valence-electron chi connectivity index (χ1n) is 6.57. The van der Waals surface area contributed by atoms with Crippen molar-refractivity contribution in [1.29, 1.82) is 0 Å². The van der Waals surface area contributed by atoms with Crippen LogP contribution in [-0.4, -0.2) is 72.1 Å². The summed E-state index contributed by atoms with van der Waals surface area (Å²) in [6, 6.07) is 0. The second-order valence-electron chi connectivity index (χ2n) is 4.50. The number of nitrogens with zero attached hydrogens (tertiary/aromatic N) is 2. The van der Waals surface area contributed by atoms with Crippen molar-refractivity contribution >= 4 is 11.8 Å². The number of carbonyl (C=O) groups is 2. The molecule has 0 spiro atoms. The SMILES string of the molecule is CCCN1CCN(CC(O)CNCC)C(=O)C1=O. The summed E-state index contributed by atoms with van der Waals surface area (Å²) in [6.45, 7) is 7.05. The Morgan fingerprint density at radius 3 is 2.44 bits per heavy atom. The molecule has 0 aromatic rings. The monoisotopic (exact) mass is 257 g/mol. The summed E-state index contributed by atoms with van der Waals surface area (Å²) >= 11 is 0. The van der Waals surface area contributed by atoms with E-state index in [2.05, 4.69) is 5.32 Å². The van der Waals surface area contributed by atoms with Crippen molar-refractivity contribution in [2.24, 2.45) is 0 Å². The van der Waals surface area contributed by atoms with Gasteiger partial charge in [-0.15, -0.1) is 0 Å². The van der Waals surface area contributed by atoms with Crippen LogP contribution in [0.2, 0.25) is 0 Å². The van der Waals surface area contributed by atoms with E-state index < -0.39 is 17.9 Å². The average molecular weight is 257 g/mol. The van der Waals surface area contributed by atoms with Gasteiger partial charge in [-0.2, -0.15) is 0 Å². The molecule has 0 radical (unpaired) electrons. The molecule has 1 fully saturated rings. The van der Waals surface area contributed by atoms with Crippen molar-refractivity contribution in [3.63, 3.8) is 0 Å². The van der Waals surface area contributed by atoms with Crippen LogP contribution in [0, 0.1) is 0 Å². The van der Waals surface area contributed by atoms with Crippen LogP contribution in [0.1, 0.15) is 20.3 Å². The van der Waals surface area contributed by atoms with Gasteiger partial charge in [0.25, 0.3) is 0 Å². The summed E-state index contributed by atoms with van der Waals surface area (Å²) in [6.07, 6.45) is 0.224. The Bertz CT molecular complexity index is 296. The Morgan fingerprint density at radius 1 is 1.22 bits per heavy atom. The number of hydrogen-bond donors (Lipinski definition) is 2. The maximum atomic E-state index is 11.8. The molecule has 2 N–H and O–H groups in total. The topological polar surface area (TPSA) is 72.9 Å². The van der Waals surface area contributed by atoms with E-state index in [0.29, 0.717) is 26.2 Å². The fourth-order valence-corrected chi connectivity index (χ4v) is 2.00. The summed E-state index contributed by atoms with van der Waals surface area (Å²) in [7, 11) is 0. The number of β-amino-alcohol motifs (C(OH)–C–C–N with tert-alkyl or cyclic N) is 1. The molecule has 1 unspecified atom stereocenters. The quantitative estimate of drug-likeness (QED) is 0.576. The lowest BCUT2D eigenvalue weighted by Crippen LogP contribution is -2.56. The van der Waals surface area contributed by atoms with E-state index in [1.165, 1.54) is 4.90 Å². The molecule has 2 amide bonds. The molecule has 1 atom stereocenters. The lowest BCUT2D eigenvalue weighted by Gasteiger charge is -2.34. The van der Waals surface area contributed by atoms with Gasteiger partial charge in [-0.25, -0.2) is 0 Å². The number of amides is 2. The fraction of sp³-hybridized carbons (Fsp3) is 0.833. The van der Waals surface area contributed by atoms with Gasteiger partial charge >= 0.3 is 11.8 Å². The third kappa shape index (κ3) is 3.96. The van der Waals surface area contributed by atoms with Gasteiger partial charge < -0.3 is 20.2 Å². The molecule has 0 aliphatic carbocycles. The van der Waals surface area contributed by atoms with Crippen LogP contribution in [0.4, 0.5) is 0 Å². The predicted octanol–water partition coefficient (Wildman–Crippen LogP) is -0.962. The first-order chi connectivity index (χ1) is 8.60. The average Bonchev–Trinajstić information content (AvgIpc) is 2.36. The second-order valence-corrected chi connectivity index (χ2v) is 4.50. The summed E-state index contributed by atoms with van der Waals surface area (Å²) in [5.74, 6) is -0.941. The first kappa shape index (κ1) is 14.9. The standard InChI is InChI=1S/C12H23N3O3/c1-3-5-14-6-7-15(12(18)11(14)17)9-10(16)8-13-4-2/h10,13,16H,3-9H2,1-2H3. The van der Waals surface area contributed by atoms with Crippen molar-refractivity contribution in [1.82, 2.24) is 15.1 Å². The zero-order valence-corrected chi connectivity index (χ0v) is 11.2. The maximum absolute atomic E-state index is 11.8. The van der Waals surface area contributed by atoms with Crippen LogP contribution in [0.15, 0.2) is 0 Å². The van der Waals surface area contributed by atoms with Crippen molar-refractivity contribution in [2.45, 2.75) is 26.4 Å². The summed E-state index contributed by atoms with van der Waals surface area (Å²) in [4.78, 5) is 26.6. The molecular formula is C12H23N3O3. The highest BCUT2D eigenvalue weighted by Crippen LogP contribution is 2.06. The van der Waals surface area contributed by atoms with E-state index in [1.807, 2.05) is 13.8 Å². The Kier molecular flexibility index (Phi) is 6.07. The van der Waals surface area contributed by atoms with Gasteiger partial charge in [0.2, 0.25) is 0 Å². The van der Waals surface area contributed by atoms with Gasteiger partial charge in [-0.05, 0) is 13.0 Å². The molecule has 1 rings (SSSR count). The van der Waals surface area contributed by atoms with E-state index in [0.717, 1.165) is 13.0 Å². The Morgan fingerprint density at radius 2 is 1.83 bits per heavy atom. The van der Waals surface area contributed by atoms with Crippen LogP contribution in [-0.2, 0) is 9.59 Å². The van der Waals surface area contributed by atoms with Crippen LogP contribution < -0.4 is 5.32 Å². The minimum atomic E-state index is -0.626. The molecule has 0 aromatic carbocycles. The van der Waals surface area contributed by atoms with Crippen LogP contribution in [0.5, 0.6) is 0 Å². The highest BCUT2D eigenvalue weighted by molar-refractivity contribution is 6.35. The van der Waals surface area contributed by atoms with Gasteiger partial charge in [-0.1, -0.05) is 13.8 Å². The molecule has 1 heterocycles. The lowest BCUT2D eigenvalue weighted by atomic mass is 10.2. The highest BCUT2D eigenvalue weighted by atomic mass is 16.3. The summed E-state index contributed by atoms with van der Waals surface area (Å²) in [5, 5.41) is 12.7. The second kappa shape index (κ2) is 7.33. The minimum Gasteiger partial charge on any atom is -0.390 e. The molecule has 0 bridgehead atoms. The number of likely N-dealkylation sites (N-methyl/N-ethyl adjacent to an activating group) is 1. The Hall–Kier alpha value is -1.14. The van der Waals surface area contributed by atoms with Gasteiger partial charge in [0, 0.05) is 32.7 Å². The summed E-state index contributed by atoms with van der Waals surface area (Å²) in [5.41, 5.74) is 0. The zero-order valence-electron chi connectivity index (χ0n) is 11.2. The van der Waals surface area contributed by atoms with Crippen molar-refractivity contribution in [2.75, 3.05) is 39.3 Å². The lowest BCUT2D eigenvalue weighted by molar-refractivity contribution is -0.156. The van der Waals surface area contributed by atoms with E-state index >= 15 is 0 Å². The molecule has 1 aliphatic heterocycles. The molecule has 6 nitrogen and oxygen atoms in total. The number of carbonyl (C=O) groups excluding carboxylic acids is 2. The molecular weight excluding hydrogens is 234 g/mol. The number of hydrogen-bond acceptors (Lipinski definition) is 4. The molecule has 104 valence electrons. The molecule has 0 aromatic heterocycles. The van der Waals surface area contributed by atoms with Crippen molar-refractivity contribution < 1.29 is 14.7 Å². The van der Waals surface area contributed by atoms with Crippen LogP contribution in [0.3, 0.4) is 0 Å². The van der Waals surface area contributed by atoms with Gasteiger partial charge in [0.1, 0.15) is 0 Å². The minimum absolute atomic E-state index is 0.220. The number of nitrogens with one attached hydrogen (secondary N) is 1. The normalized spacial score (nSPS) is 18.4. The molecule has 6 heteroatoms. The summed E-state index contributed by atoms with van der Waals surface area (Å²) < 4.78 is 0. The largest absolute Gasteiger partial charge is 0.390 e. The smallest absolute Gasteiger partial charge is 0.312 e. The third-order valence-corrected chi connectivity index (χ3v) is 2.95. The van der Waals surface area contributed by atoms with Crippen LogP contribution in [0.25, 0.3) is 0 Å². The van der Waals surface area contributed by atoms with E-state index in [4.69, 9.17) is 0 Å². The Labute approximate surface area is 108 Å². The molecule has 18 heavy (non-hydrogen) atoms. The van der Waals surface area contributed by atoms with Gasteiger partial charge in [0.15, 0.2) is 0 Å². The van der Waals surface area contributed by atoms with Crippen molar-refractivity contribution in [3.8, 4) is 0 Å². The van der Waals surface area contributed by atoms with Gasteiger partial charge in [-0.3, -0.25) is 9.59 Å². The Balaban J connectivity index is 2.45. The number of aliphatic hydroxyl groups excluding tert-OH is 1. The molecule has 1 aliphatic rings. The van der Waals surface area contributed by atoms with E-state index in [9.17, 15) is 14.7 Å². The fourth-order valence-electron chi connectivity index (χ4n) is 2.00. The van der Waals surface area contributed by atoms with E-state index in [1.54, 1.807) is 4.90 Å². The number of rotatable bonds is 7. The predicted molar refractivity (Wildman–Crippen MR) is 68.0 cm³/mol.